The van der Waals surface area contributed by atoms with E-state index in [1.54, 1.807) is 30.5 Å². The molecular weight excluding hydrogens is 262 g/mol. The van der Waals surface area contributed by atoms with Crippen molar-refractivity contribution in [2.75, 3.05) is 0 Å². The summed E-state index contributed by atoms with van der Waals surface area (Å²) in [5.41, 5.74) is 1.92. The molecule has 0 saturated carbocycles. The second-order valence-corrected chi connectivity index (χ2v) is 4.28. The van der Waals surface area contributed by atoms with E-state index in [-0.39, 0.29) is 5.69 Å². The summed E-state index contributed by atoms with van der Waals surface area (Å²) in [6, 6.07) is 9.82. The maximum Gasteiger partial charge on any atom is 0.421 e. The smallest absolute Gasteiger partial charge is 0.421 e. The van der Waals surface area contributed by atoms with Crippen LogP contribution in [-0.4, -0.2) is 14.8 Å². The quantitative estimate of drug-likeness (QED) is 0.675. The van der Waals surface area contributed by atoms with E-state index in [9.17, 15) is 10.0 Å². The molecule has 0 spiro atoms. The van der Waals surface area contributed by atoms with Gasteiger partial charge in [-0.3, -0.25) is 4.57 Å². The third kappa shape index (κ3) is 2.21. The Morgan fingerprint density at radius 3 is 2.75 bits per heavy atom. The zero-order valence-corrected chi connectivity index (χ0v) is 10.3. The van der Waals surface area contributed by atoms with Crippen molar-refractivity contribution in [3.63, 3.8) is 0 Å². The van der Waals surface area contributed by atoms with Gasteiger partial charge in [0, 0.05) is 18.3 Å². The van der Waals surface area contributed by atoms with Crippen LogP contribution in [0.4, 0.5) is 5.69 Å². The van der Waals surface area contributed by atoms with E-state index in [1.807, 2.05) is 0 Å². The van der Waals surface area contributed by atoms with Crippen LogP contribution in [-0.2, 0) is 6.54 Å². The first kappa shape index (κ1) is 12.5. The first-order valence-electron chi connectivity index (χ1n) is 5.92. The Kier molecular flexibility index (Phi) is 3.07. The number of quaternary nitrogens is 1. The molecule has 7 heteroatoms. The predicted molar refractivity (Wildman–Crippen MR) is 69.6 cm³/mol. The van der Waals surface area contributed by atoms with Crippen LogP contribution in [0.5, 0.6) is 0 Å². The number of nitrogens with one attached hydrogen (secondary N) is 1. The van der Waals surface area contributed by atoms with Crippen molar-refractivity contribution in [1.29, 1.82) is 0 Å². The topological polar surface area (TPSA) is 95.8 Å². The molecule has 3 rings (SSSR count). The van der Waals surface area contributed by atoms with Gasteiger partial charge in [0.25, 0.3) is 0 Å². The van der Waals surface area contributed by atoms with Gasteiger partial charge in [-0.05, 0) is 17.7 Å². The summed E-state index contributed by atoms with van der Waals surface area (Å²) in [6.07, 6.45) is 1.55. The number of aromatic nitrogens is 2. The highest BCUT2D eigenvalue weighted by atomic mass is 16.8. The van der Waals surface area contributed by atoms with Crippen molar-refractivity contribution >= 4 is 16.9 Å². The second kappa shape index (κ2) is 4.89. The molecule has 20 heavy (non-hydrogen) atoms. The molecule has 0 saturated heterocycles. The third-order valence-corrected chi connectivity index (χ3v) is 2.99. The average molecular weight is 273 g/mol. The van der Waals surface area contributed by atoms with E-state index in [1.165, 1.54) is 16.7 Å². The van der Waals surface area contributed by atoms with Crippen LogP contribution in [0.1, 0.15) is 5.56 Å². The van der Waals surface area contributed by atoms with Crippen LogP contribution < -0.4 is 11.0 Å². The van der Waals surface area contributed by atoms with Gasteiger partial charge < -0.3 is 9.62 Å². The molecule has 0 aliphatic rings. The minimum Gasteiger partial charge on any atom is -0.595 e. The summed E-state index contributed by atoms with van der Waals surface area (Å²) in [5.74, 6) is -0.485. The van der Waals surface area contributed by atoms with Gasteiger partial charge in [0.1, 0.15) is 5.52 Å². The van der Waals surface area contributed by atoms with E-state index < -0.39 is 11.0 Å². The number of hydrogen-bond donors (Lipinski definition) is 2. The molecule has 0 aliphatic heterocycles. The van der Waals surface area contributed by atoms with Gasteiger partial charge in [0.05, 0.1) is 6.54 Å². The maximum absolute atomic E-state index is 11.8. The molecule has 0 fully saturated rings. The van der Waals surface area contributed by atoms with Crippen molar-refractivity contribution in [1.82, 2.24) is 9.55 Å². The minimum absolute atomic E-state index is 0.208. The van der Waals surface area contributed by atoms with Crippen molar-refractivity contribution in [3.8, 4) is 0 Å². The molecule has 0 aliphatic carbocycles. The SMILES string of the molecule is O=c1oc2ncccc2n1Cc1ccc([NH+]([O-])O)cc1. The zero-order valence-electron chi connectivity index (χ0n) is 10.3. The van der Waals surface area contributed by atoms with Gasteiger partial charge in [0.2, 0.25) is 5.71 Å². The van der Waals surface area contributed by atoms with Crippen molar-refractivity contribution in [2.45, 2.75) is 6.54 Å². The van der Waals surface area contributed by atoms with Gasteiger partial charge in [-0.15, -0.1) is 0 Å². The number of rotatable bonds is 3. The van der Waals surface area contributed by atoms with E-state index in [0.717, 1.165) is 5.56 Å². The van der Waals surface area contributed by atoms with Gasteiger partial charge >= 0.3 is 5.76 Å². The lowest BCUT2D eigenvalue weighted by molar-refractivity contribution is -0.991. The number of fused-ring (bicyclic) bond motifs is 1. The van der Waals surface area contributed by atoms with Crippen LogP contribution in [0, 0.1) is 5.21 Å². The Labute approximate surface area is 112 Å². The Balaban J connectivity index is 1.97. The number of benzene rings is 1. The van der Waals surface area contributed by atoms with E-state index in [2.05, 4.69) is 4.98 Å². The molecule has 102 valence electrons. The lowest BCUT2D eigenvalue weighted by Crippen LogP contribution is -2.99. The monoisotopic (exact) mass is 273 g/mol. The van der Waals surface area contributed by atoms with Gasteiger partial charge in [-0.25, -0.2) is 15.0 Å². The first-order valence-corrected chi connectivity index (χ1v) is 5.92. The fraction of sp³-hybridized carbons (Fsp3) is 0.0769. The van der Waals surface area contributed by atoms with Crippen molar-refractivity contribution in [3.05, 3.63) is 63.9 Å². The highest BCUT2D eigenvalue weighted by molar-refractivity contribution is 5.67. The largest absolute Gasteiger partial charge is 0.595 e. The summed E-state index contributed by atoms with van der Waals surface area (Å²) >= 11 is 0. The summed E-state index contributed by atoms with van der Waals surface area (Å²) in [5, 5.41) is 18.6. The Hall–Kier alpha value is -2.48. The molecule has 3 aromatic rings. The predicted octanol–water partition coefficient (Wildman–Crippen LogP) is 0.441. The number of pyridine rings is 1. The normalized spacial score (nSPS) is 12.7. The fourth-order valence-electron chi connectivity index (χ4n) is 1.99. The highest BCUT2D eigenvalue weighted by Crippen LogP contribution is 2.12. The van der Waals surface area contributed by atoms with Gasteiger partial charge in [-0.1, -0.05) is 12.1 Å². The molecule has 1 unspecified atom stereocenters. The summed E-state index contributed by atoms with van der Waals surface area (Å²) in [6.45, 7) is 0.303. The molecule has 2 heterocycles. The maximum atomic E-state index is 11.8. The van der Waals surface area contributed by atoms with E-state index in [0.29, 0.717) is 17.8 Å². The Morgan fingerprint density at radius 2 is 2.05 bits per heavy atom. The molecule has 1 aromatic carbocycles. The third-order valence-electron chi connectivity index (χ3n) is 2.99. The Bertz CT molecular complexity index is 789. The molecule has 0 bridgehead atoms. The highest BCUT2D eigenvalue weighted by Gasteiger charge is 2.10. The van der Waals surface area contributed by atoms with Crippen LogP contribution in [0.15, 0.2) is 51.8 Å². The van der Waals surface area contributed by atoms with Crippen molar-refractivity contribution in [2.24, 2.45) is 0 Å². The zero-order chi connectivity index (χ0) is 14.1. The molecule has 1 atom stereocenters. The van der Waals surface area contributed by atoms with Gasteiger partial charge in [-0.2, -0.15) is 5.23 Å². The molecule has 7 nitrogen and oxygen atoms in total. The molecule has 0 radical (unpaired) electrons. The lowest BCUT2D eigenvalue weighted by Gasteiger charge is -2.11. The number of hydrogen-bond acceptors (Lipinski definition) is 5. The average Bonchev–Trinajstić information content (AvgIpc) is 2.76. The minimum atomic E-state index is -0.980. The van der Waals surface area contributed by atoms with Crippen molar-refractivity contribution < 1.29 is 14.9 Å². The van der Waals surface area contributed by atoms with Gasteiger partial charge in [0.15, 0.2) is 5.69 Å². The number of oxazole rings is 1. The van der Waals surface area contributed by atoms with E-state index in [4.69, 9.17) is 9.62 Å². The second-order valence-electron chi connectivity index (χ2n) is 4.28. The summed E-state index contributed by atoms with van der Waals surface area (Å²) < 4.78 is 6.49. The first-order chi connectivity index (χ1) is 9.65. The molecule has 2 aromatic heterocycles. The molecule has 2 N–H and O–H groups in total. The summed E-state index contributed by atoms with van der Waals surface area (Å²) in [4.78, 5) is 15.8. The van der Waals surface area contributed by atoms with Crippen LogP contribution in [0.3, 0.4) is 0 Å². The van der Waals surface area contributed by atoms with E-state index >= 15 is 0 Å². The Morgan fingerprint density at radius 1 is 1.30 bits per heavy atom. The summed E-state index contributed by atoms with van der Waals surface area (Å²) in [7, 11) is 0. The standard InChI is InChI=1S/C13H11N3O4/c17-13-15(11-2-1-7-14-12(11)20-13)8-9-3-5-10(6-4-9)16(18)19/h1-7,16,18H,8H2. The molecular formula is C13H11N3O4. The van der Waals surface area contributed by atoms with Crippen LogP contribution in [0.25, 0.3) is 11.2 Å². The fourth-order valence-corrected chi connectivity index (χ4v) is 1.99. The number of nitrogens with zero attached hydrogens (tertiary/aromatic N) is 2. The lowest BCUT2D eigenvalue weighted by atomic mass is 10.2. The molecule has 0 amide bonds. The van der Waals surface area contributed by atoms with Crippen LogP contribution >= 0.6 is 0 Å². The van der Waals surface area contributed by atoms with Crippen LogP contribution in [0.2, 0.25) is 0 Å².